The first-order valence-corrected chi connectivity index (χ1v) is 11.3. The summed E-state index contributed by atoms with van der Waals surface area (Å²) in [6.07, 6.45) is 2.62. The Morgan fingerprint density at radius 3 is 2.53 bits per heavy atom. The molecule has 0 radical (unpaired) electrons. The molecule has 6 nitrogen and oxygen atoms in total. The largest absolute Gasteiger partial charge is 0.489 e. The van der Waals surface area contributed by atoms with Gasteiger partial charge in [0.15, 0.2) is 0 Å². The van der Waals surface area contributed by atoms with Crippen LogP contribution in [0.15, 0.2) is 47.0 Å². The summed E-state index contributed by atoms with van der Waals surface area (Å²) in [4.78, 5) is 15.9. The van der Waals surface area contributed by atoms with E-state index < -0.39 is 5.97 Å². The molecule has 168 valence electrons. The molecule has 1 N–H and O–H groups in total. The molecule has 0 amide bonds. The van der Waals surface area contributed by atoms with Crippen molar-refractivity contribution in [2.75, 3.05) is 0 Å². The number of rotatable bonds is 7. The molecule has 2 aromatic carbocycles. The minimum absolute atomic E-state index is 0.0359. The lowest BCUT2D eigenvalue weighted by atomic mass is 9.96. The second-order valence-corrected chi connectivity index (χ2v) is 9.30. The van der Waals surface area contributed by atoms with Crippen LogP contribution in [0.25, 0.3) is 22.8 Å². The highest BCUT2D eigenvalue weighted by Gasteiger charge is 2.35. The molecule has 7 heteroatoms. The first kappa shape index (κ1) is 22.3. The summed E-state index contributed by atoms with van der Waals surface area (Å²) in [7, 11) is 0. The summed E-state index contributed by atoms with van der Waals surface area (Å²) in [5.74, 6) is 1.25. The van der Waals surface area contributed by atoms with Crippen LogP contribution in [0.1, 0.15) is 39.2 Å². The van der Waals surface area contributed by atoms with Crippen molar-refractivity contribution in [3.63, 3.8) is 0 Å². The highest BCUT2D eigenvalue weighted by molar-refractivity contribution is 6.32. The molecule has 32 heavy (non-hydrogen) atoms. The third-order valence-corrected chi connectivity index (χ3v) is 6.30. The van der Waals surface area contributed by atoms with Crippen molar-refractivity contribution >= 4 is 17.6 Å². The number of carbonyl (C=O) groups is 1. The summed E-state index contributed by atoms with van der Waals surface area (Å²) >= 11 is 6.33. The Morgan fingerprint density at radius 1 is 1.19 bits per heavy atom. The van der Waals surface area contributed by atoms with E-state index in [4.69, 9.17) is 20.9 Å². The number of benzene rings is 2. The Hall–Kier alpha value is -2.86. The highest BCUT2D eigenvalue weighted by atomic mass is 35.5. The van der Waals surface area contributed by atoms with Crippen LogP contribution >= 0.6 is 11.6 Å². The van der Waals surface area contributed by atoms with Crippen LogP contribution in [0.5, 0.6) is 5.75 Å². The molecule has 1 heterocycles. The number of aliphatic carboxylic acids is 1. The summed E-state index contributed by atoms with van der Waals surface area (Å²) in [6.45, 7) is 5.93. The zero-order valence-electron chi connectivity index (χ0n) is 18.4. The van der Waals surface area contributed by atoms with Gasteiger partial charge in [0.25, 0.3) is 5.89 Å². The molecular weight excluding hydrogens is 428 g/mol. The van der Waals surface area contributed by atoms with Crippen LogP contribution in [0.3, 0.4) is 0 Å². The first-order valence-electron chi connectivity index (χ1n) is 10.9. The molecule has 1 aliphatic carbocycles. The van der Waals surface area contributed by atoms with Gasteiger partial charge in [-0.3, -0.25) is 4.79 Å². The Kier molecular flexibility index (Phi) is 6.51. The lowest BCUT2D eigenvalue weighted by molar-refractivity contribution is -0.142. The van der Waals surface area contributed by atoms with Crippen molar-refractivity contribution in [3.05, 3.63) is 53.1 Å². The predicted octanol–water partition coefficient (Wildman–Crippen LogP) is 6.13. The highest BCUT2D eigenvalue weighted by Crippen LogP contribution is 2.38. The van der Waals surface area contributed by atoms with Gasteiger partial charge < -0.3 is 14.4 Å². The summed E-state index contributed by atoms with van der Waals surface area (Å²) < 4.78 is 11.1. The smallest absolute Gasteiger partial charge is 0.306 e. The van der Waals surface area contributed by atoms with Gasteiger partial charge in [0, 0.05) is 11.1 Å². The van der Waals surface area contributed by atoms with Gasteiger partial charge in [-0.1, -0.05) is 35.8 Å². The van der Waals surface area contributed by atoms with Crippen molar-refractivity contribution in [2.24, 2.45) is 17.8 Å². The molecule has 1 fully saturated rings. The van der Waals surface area contributed by atoms with Crippen LogP contribution in [-0.4, -0.2) is 27.3 Å². The fourth-order valence-electron chi connectivity index (χ4n) is 4.45. The molecule has 0 saturated heterocycles. The van der Waals surface area contributed by atoms with Gasteiger partial charge in [0.2, 0.25) is 5.82 Å². The van der Waals surface area contributed by atoms with E-state index in [2.05, 4.69) is 10.1 Å². The van der Waals surface area contributed by atoms with E-state index in [1.165, 1.54) is 5.56 Å². The molecule has 0 spiro atoms. The topological polar surface area (TPSA) is 85.5 Å². The second-order valence-electron chi connectivity index (χ2n) is 8.90. The van der Waals surface area contributed by atoms with Crippen molar-refractivity contribution in [2.45, 2.75) is 46.1 Å². The van der Waals surface area contributed by atoms with Gasteiger partial charge in [-0.15, -0.1) is 0 Å². The molecule has 3 atom stereocenters. The zero-order valence-corrected chi connectivity index (χ0v) is 19.2. The summed E-state index contributed by atoms with van der Waals surface area (Å²) in [5.41, 5.74) is 2.77. The predicted molar refractivity (Wildman–Crippen MR) is 123 cm³/mol. The van der Waals surface area contributed by atoms with E-state index in [9.17, 15) is 9.90 Å². The zero-order chi connectivity index (χ0) is 22.8. The number of carboxylic acids is 1. The SMILES string of the molecule is CC(C)Oc1ccc(-c2noc(-c3ccc(CC4CC(C)C(C(=O)O)C4)cc3)n2)cc1Cl. The lowest BCUT2D eigenvalue weighted by Gasteiger charge is -2.11. The summed E-state index contributed by atoms with van der Waals surface area (Å²) in [6, 6.07) is 13.5. The van der Waals surface area contributed by atoms with E-state index in [0.717, 1.165) is 30.4 Å². The number of nitrogens with zero attached hydrogens (tertiary/aromatic N) is 2. The quantitative estimate of drug-likeness (QED) is 0.462. The van der Waals surface area contributed by atoms with E-state index in [1.54, 1.807) is 12.1 Å². The molecule has 1 aliphatic rings. The standard InChI is InChI=1S/C25H27ClN2O4/c1-14(2)31-22-9-8-19(13-21(22)26)23-27-24(32-28-23)18-6-4-16(5-7-18)11-17-10-15(3)20(12-17)25(29)30/h4-9,13-15,17,20H,10-12H2,1-3H3,(H,29,30). The fourth-order valence-corrected chi connectivity index (χ4v) is 4.68. The maximum absolute atomic E-state index is 11.4. The van der Waals surface area contributed by atoms with E-state index in [1.807, 2.05) is 51.1 Å². The maximum Gasteiger partial charge on any atom is 0.306 e. The molecule has 0 bridgehead atoms. The van der Waals surface area contributed by atoms with Gasteiger partial charge in [0.1, 0.15) is 5.75 Å². The van der Waals surface area contributed by atoms with Gasteiger partial charge in [-0.2, -0.15) is 4.98 Å². The van der Waals surface area contributed by atoms with Crippen molar-refractivity contribution in [1.29, 1.82) is 0 Å². The molecule has 1 saturated carbocycles. The average Bonchev–Trinajstić information content (AvgIpc) is 3.37. The van der Waals surface area contributed by atoms with Crippen molar-refractivity contribution in [1.82, 2.24) is 10.1 Å². The van der Waals surface area contributed by atoms with Gasteiger partial charge >= 0.3 is 5.97 Å². The molecule has 3 unspecified atom stereocenters. The lowest BCUT2D eigenvalue weighted by Crippen LogP contribution is -2.15. The maximum atomic E-state index is 11.4. The van der Waals surface area contributed by atoms with Crippen molar-refractivity contribution < 1.29 is 19.2 Å². The number of carboxylic acid groups (broad SMARTS) is 1. The van der Waals surface area contributed by atoms with E-state index >= 15 is 0 Å². The summed E-state index contributed by atoms with van der Waals surface area (Å²) in [5, 5.41) is 13.9. The van der Waals surface area contributed by atoms with Gasteiger partial charge in [-0.05, 0) is 80.8 Å². The Bertz CT molecular complexity index is 1090. The second kappa shape index (κ2) is 9.33. The number of aromatic nitrogens is 2. The molecule has 1 aromatic heterocycles. The van der Waals surface area contributed by atoms with Crippen LogP contribution in [-0.2, 0) is 11.2 Å². The Labute approximate surface area is 192 Å². The fraction of sp³-hybridized carbons (Fsp3) is 0.400. The van der Waals surface area contributed by atoms with Gasteiger partial charge in [-0.25, -0.2) is 0 Å². The van der Waals surface area contributed by atoms with E-state index in [-0.39, 0.29) is 17.9 Å². The van der Waals surface area contributed by atoms with Crippen LogP contribution in [0.4, 0.5) is 0 Å². The van der Waals surface area contributed by atoms with Crippen LogP contribution in [0, 0.1) is 17.8 Å². The Morgan fingerprint density at radius 2 is 1.91 bits per heavy atom. The molecular formula is C25H27ClN2O4. The van der Waals surface area contributed by atoms with Gasteiger partial charge in [0.05, 0.1) is 17.0 Å². The van der Waals surface area contributed by atoms with Crippen molar-refractivity contribution in [3.8, 4) is 28.6 Å². The molecule has 3 aromatic rings. The number of ether oxygens (including phenoxy) is 1. The molecule has 0 aliphatic heterocycles. The average molecular weight is 455 g/mol. The van der Waals surface area contributed by atoms with Crippen LogP contribution in [0.2, 0.25) is 5.02 Å². The first-order chi connectivity index (χ1) is 15.3. The normalized spacial score (nSPS) is 20.6. The minimum Gasteiger partial charge on any atom is -0.489 e. The van der Waals surface area contributed by atoms with Crippen LogP contribution < -0.4 is 4.74 Å². The number of halogens is 1. The molecule has 4 rings (SSSR count). The minimum atomic E-state index is -0.675. The monoisotopic (exact) mass is 454 g/mol. The Balaban J connectivity index is 1.44. The third kappa shape index (κ3) is 4.96. The number of hydrogen-bond donors (Lipinski definition) is 1. The third-order valence-electron chi connectivity index (χ3n) is 6.00. The van der Waals surface area contributed by atoms with E-state index in [0.29, 0.717) is 28.4 Å². The number of hydrogen-bond acceptors (Lipinski definition) is 5.